The maximum absolute atomic E-state index is 3.78. The Hall–Kier alpha value is -0.630. The Kier molecular flexibility index (Phi) is 4.78. The Morgan fingerprint density at radius 3 is 2.76 bits per heavy atom. The fraction of sp³-hybridized carbons (Fsp3) is 0.600. The molecule has 0 heterocycles. The van der Waals surface area contributed by atoms with Gasteiger partial charge in [0.2, 0.25) is 0 Å². The van der Waals surface area contributed by atoms with Crippen molar-refractivity contribution in [2.45, 2.75) is 50.0 Å². The van der Waals surface area contributed by atoms with Crippen LogP contribution in [0.4, 0.5) is 5.69 Å². The molecule has 0 saturated heterocycles. The summed E-state index contributed by atoms with van der Waals surface area (Å²) >= 11 is 1.83. The topological polar surface area (TPSA) is 12.0 Å². The molecule has 0 aliphatic heterocycles. The van der Waals surface area contributed by atoms with Crippen LogP contribution in [0.3, 0.4) is 0 Å². The molecule has 1 aromatic rings. The first kappa shape index (κ1) is 12.8. The molecule has 0 aromatic heterocycles. The van der Waals surface area contributed by atoms with E-state index in [2.05, 4.69) is 42.8 Å². The van der Waals surface area contributed by atoms with Crippen LogP contribution in [0.5, 0.6) is 0 Å². The van der Waals surface area contributed by atoms with Crippen LogP contribution < -0.4 is 5.32 Å². The average Bonchev–Trinajstić information content (AvgIpc) is 2.40. The predicted molar refractivity (Wildman–Crippen MR) is 77.9 cm³/mol. The Morgan fingerprint density at radius 2 is 2.00 bits per heavy atom. The molecule has 2 atom stereocenters. The third-order valence-corrected chi connectivity index (χ3v) is 4.68. The number of benzene rings is 1. The second-order valence-electron chi connectivity index (χ2n) is 4.90. The minimum Gasteiger partial charge on any atom is -0.381 e. The maximum Gasteiger partial charge on any atom is 0.0480 e. The van der Waals surface area contributed by atoms with E-state index >= 15 is 0 Å². The van der Waals surface area contributed by atoms with Gasteiger partial charge < -0.3 is 5.32 Å². The van der Waals surface area contributed by atoms with Crippen molar-refractivity contribution in [2.75, 3.05) is 11.6 Å². The van der Waals surface area contributed by atoms with E-state index in [1.54, 1.807) is 0 Å². The third kappa shape index (κ3) is 3.19. The highest BCUT2D eigenvalue weighted by atomic mass is 32.2. The van der Waals surface area contributed by atoms with Gasteiger partial charge in [-0.25, -0.2) is 0 Å². The van der Waals surface area contributed by atoms with E-state index in [4.69, 9.17) is 0 Å². The van der Waals surface area contributed by atoms with E-state index in [9.17, 15) is 0 Å². The van der Waals surface area contributed by atoms with Crippen molar-refractivity contribution in [1.29, 1.82) is 0 Å². The Balaban J connectivity index is 2.08. The largest absolute Gasteiger partial charge is 0.381 e. The zero-order valence-electron chi connectivity index (χ0n) is 10.9. The molecule has 1 aromatic carbocycles. The summed E-state index contributed by atoms with van der Waals surface area (Å²) in [7, 11) is 0. The Bertz CT molecular complexity index is 351. The van der Waals surface area contributed by atoms with Gasteiger partial charge in [-0.1, -0.05) is 38.3 Å². The van der Waals surface area contributed by atoms with Gasteiger partial charge in [0, 0.05) is 16.6 Å². The maximum atomic E-state index is 3.78. The number of para-hydroxylation sites is 1. The van der Waals surface area contributed by atoms with E-state index in [-0.39, 0.29) is 0 Å². The van der Waals surface area contributed by atoms with Crippen molar-refractivity contribution in [3.05, 3.63) is 24.3 Å². The molecule has 0 radical (unpaired) electrons. The molecule has 0 spiro atoms. The van der Waals surface area contributed by atoms with Crippen molar-refractivity contribution in [3.63, 3.8) is 0 Å². The number of anilines is 1. The molecular weight excluding hydrogens is 226 g/mol. The van der Waals surface area contributed by atoms with Gasteiger partial charge in [0.15, 0.2) is 0 Å². The van der Waals surface area contributed by atoms with E-state index in [0.29, 0.717) is 6.04 Å². The fourth-order valence-corrected chi connectivity index (χ4v) is 3.41. The summed E-state index contributed by atoms with van der Waals surface area (Å²) < 4.78 is 0. The minimum absolute atomic E-state index is 0.682. The summed E-state index contributed by atoms with van der Waals surface area (Å²) in [6.45, 7) is 2.32. The highest BCUT2D eigenvalue weighted by Gasteiger charge is 2.23. The van der Waals surface area contributed by atoms with Crippen LogP contribution in [-0.2, 0) is 0 Å². The molecule has 94 valence electrons. The zero-order valence-corrected chi connectivity index (χ0v) is 11.7. The van der Waals surface area contributed by atoms with Crippen LogP contribution in [0.1, 0.15) is 39.0 Å². The number of hydrogen-bond acceptors (Lipinski definition) is 2. The van der Waals surface area contributed by atoms with Crippen molar-refractivity contribution in [1.82, 2.24) is 0 Å². The molecule has 0 amide bonds. The van der Waals surface area contributed by atoms with Crippen LogP contribution in [0.15, 0.2) is 29.2 Å². The molecule has 2 unspecified atom stereocenters. The Labute approximate surface area is 109 Å². The number of thioether (sulfide) groups is 1. The van der Waals surface area contributed by atoms with Gasteiger partial charge in [-0.2, -0.15) is 0 Å². The fourth-order valence-electron chi connectivity index (χ4n) is 2.85. The lowest BCUT2D eigenvalue weighted by atomic mass is 9.83. The third-order valence-electron chi connectivity index (χ3n) is 3.88. The summed E-state index contributed by atoms with van der Waals surface area (Å²) in [6, 6.07) is 9.35. The molecular formula is C15H23NS. The van der Waals surface area contributed by atoms with Crippen LogP contribution >= 0.6 is 11.8 Å². The second-order valence-corrected chi connectivity index (χ2v) is 5.75. The average molecular weight is 249 g/mol. The summed E-state index contributed by atoms with van der Waals surface area (Å²) in [5.74, 6) is 0.860. The lowest BCUT2D eigenvalue weighted by Gasteiger charge is -2.32. The van der Waals surface area contributed by atoms with Crippen LogP contribution in [0.2, 0.25) is 0 Å². The van der Waals surface area contributed by atoms with Crippen molar-refractivity contribution < 1.29 is 0 Å². The standard InChI is InChI=1S/C15H23NS/c1-3-12-8-4-5-9-13(12)16-14-10-6-7-11-15(14)17-2/h6-7,10-13,16H,3-5,8-9H2,1-2H3. The second kappa shape index (κ2) is 6.34. The molecule has 1 N–H and O–H groups in total. The molecule has 2 heteroatoms. The normalized spacial score (nSPS) is 24.6. The van der Waals surface area contributed by atoms with Gasteiger partial charge >= 0.3 is 0 Å². The summed E-state index contributed by atoms with van der Waals surface area (Å²) in [5, 5.41) is 3.78. The van der Waals surface area contributed by atoms with Gasteiger partial charge in [-0.15, -0.1) is 11.8 Å². The number of nitrogens with one attached hydrogen (secondary N) is 1. The van der Waals surface area contributed by atoms with E-state index in [0.717, 1.165) is 5.92 Å². The molecule has 2 rings (SSSR count). The van der Waals surface area contributed by atoms with Gasteiger partial charge in [-0.05, 0) is 37.1 Å². The van der Waals surface area contributed by atoms with Crippen molar-refractivity contribution in [2.24, 2.45) is 5.92 Å². The highest BCUT2D eigenvalue weighted by Crippen LogP contribution is 2.32. The van der Waals surface area contributed by atoms with E-state index in [1.165, 1.54) is 42.7 Å². The highest BCUT2D eigenvalue weighted by molar-refractivity contribution is 7.98. The number of hydrogen-bond donors (Lipinski definition) is 1. The zero-order chi connectivity index (χ0) is 12.1. The first-order chi connectivity index (χ1) is 8.35. The predicted octanol–water partition coefficient (Wildman–Crippen LogP) is 4.79. The molecule has 1 saturated carbocycles. The summed E-state index contributed by atoms with van der Waals surface area (Å²) in [6.07, 6.45) is 8.99. The van der Waals surface area contributed by atoms with Crippen molar-refractivity contribution in [3.8, 4) is 0 Å². The van der Waals surface area contributed by atoms with Crippen LogP contribution in [0.25, 0.3) is 0 Å². The van der Waals surface area contributed by atoms with Gasteiger partial charge in [0.25, 0.3) is 0 Å². The van der Waals surface area contributed by atoms with Gasteiger partial charge in [-0.3, -0.25) is 0 Å². The molecule has 1 nitrogen and oxygen atoms in total. The van der Waals surface area contributed by atoms with Crippen LogP contribution in [-0.4, -0.2) is 12.3 Å². The molecule has 0 bridgehead atoms. The molecule has 17 heavy (non-hydrogen) atoms. The first-order valence-corrected chi connectivity index (χ1v) is 7.97. The SMILES string of the molecule is CCC1CCCCC1Nc1ccccc1SC. The lowest BCUT2D eigenvalue weighted by molar-refractivity contribution is 0.317. The van der Waals surface area contributed by atoms with E-state index in [1.807, 2.05) is 11.8 Å². The lowest BCUT2D eigenvalue weighted by Crippen LogP contribution is -2.31. The smallest absolute Gasteiger partial charge is 0.0480 e. The van der Waals surface area contributed by atoms with Gasteiger partial charge in [0.1, 0.15) is 0 Å². The Morgan fingerprint density at radius 1 is 1.24 bits per heavy atom. The molecule has 1 aliphatic rings. The molecule has 1 aliphatic carbocycles. The van der Waals surface area contributed by atoms with E-state index < -0.39 is 0 Å². The summed E-state index contributed by atoms with van der Waals surface area (Å²) in [4.78, 5) is 1.37. The first-order valence-electron chi connectivity index (χ1n) is 6.74. The summed E-state index contributed by atoms with van der Waals surface area (Å²) in [5.41, 5.74) is 1.32. The van der Waals surface area contributed by atoms with Crippen molar-refractivity contribution >= 4 is 17.4 Å². The number of rotatable bonds is 4. The quantitative estimate of drug-likeness (QED) is 0.770. The minimum atomic E-state index is 0.682. The molecule has 1 fully saturated rings. The monoisotopic (exact) mass is 249 g/mol. The van der Waals surface area contributed by atoms with Crippen LogP contribution in [0, 0.1) is 5.92 Å². The van der Waals surface area contributed by atoms with Gasteiger partial charge in [0.05, 0.1) is 0 Å².